The number of nitrogens with one attached hydrogen (secondary N) is 1. The van der Waals surface area contributed by atoms with Gasteiger partial charge >= 0.3 is 5.97 Å². The van der Waals surface area contributed by atoms with Crippen LogP contribution in [0.4, 0.5) is 10.1 Å². The van der Waals surface area contributed by atoms with Gasteiger partial charge < -0.3 is 10.1 Å². The van der Waals surface area contributed by atoms with Crippen LogP contribution in [-0.4, -0.2) is 38.7 Å². The molecule has 0 bridgehead atoms. The first kappa shape index (κ1) is 18.5. The monoisotopic (exact) mass is 389 g/mol. The number of anilines is 1. The number of hydrogen-bond acceptors (Lipinski definition) is 6. The number of benzene rings is 2. The minimum Gasteiger partial charge on any atom is -0.454 e. The Kier molecular flexibility index (Phi) is 5.72. The molecule has 0 aliphatic carbocycles. The molecule has 0 aliphatic heterocycles. The van der Waals surface area contributed by atoms with Gasteiger partial charge in [-0.2, -0.15) is 4.80 Å². The predicted molar refractivity (Wildman–Crippen MR) is 94.3 cm³/mol. The first-order valence-corrected chi connectivity index (χ1v) is 8.13. The van der Waals surface area contributed by atoms with Crippen LogP contribution in [0.15, 0.2) is 48.5 Å². The highest BCUT2D eigenvalue weighted by atomic mass is 35.5. The maximum Gasteiger partial charge on any atom is 0.330 e. The fraction of sp³-hybridized carbons (Fsp3) is 0.118. The van der Waals surface area contributed by atoms with E-state index in [0.29, 0.717) is 16.4 Å². The van der Waals surface area contributed by atoms with Crippen LogP contribution < -0.4 is 5.32 Å². The highest BCUT2D eigenvalue weighted by Gasteiger charge is 2.13. The molecule has 1 heterocycles. The van der Waals surface area contributed by atoms with E-state index in [-0.39, 0.29) is 12.2 Å². The number of para-hydroxylation sites is 1. The number of nitrogens with zero attached hydrogens (tertiary/aromatic N) is 4. The number of amides is 1. The highest BCUT2D eigenvalue weighted by Crippen LogP contribution is 2.17. The molecular formula is C17H13ClFN5O3. The Bertz CT molecular complexity index is 961. The topological polar surface area (TPSA) is 99.0 Å². The fourth-order valence-electron chi connectivity index (χ4n) is 2.08. The van der Waals surface area contributed by atoms with E-state index in [9.17, 15) is 14.0 Å². The van der Waals surface area contributed by atoms with Crippen molar-refractivity contribution in [2.24, 2.45) is 0 Å². The van der Waals surface area contributed by atoms with Crippen molar-refractivity contribution in [1.29, 1.82) is 0 Å². The lowest BCUT2D eigenvalue weighted by Gasteiger charge is -2.06. The molecule has 10 heteroatoms. The first-order chi connectivity index (χ1) is 13.0. The third-order valence-corrected chi connectivity index (χ3v) is 3.59. The minimum atomic E-state index is -0.737. The lowest BCUT2D eigenvalue weighted by Crippen LogP contribution is -2.24. The molecule has 1 amide bonds. The van der Waals surface area contributed by atoms with E-state index in [4.69, 9.17) is 16.3 Å². The van der Waals surface area contributed by atoms with Crippen LogP contribution in [-0.2, 0) is 20.9 Å². The normalized spacial score (nSPS) is 10.4. The number of ether oxygens (including phenoxy) is 1. The molecule has 3 rings (SSSR count). The molecule has 0 spiro atoms. The van der Waals surface area contributed by atoms with Crippen LogP contribution in [0.2, 0.25) is 5.02 Å². The zero-order chi connectivity index (χ0) is 19.2. The maximum absolute atomic E-state index is 13.4. The van der Waals surface area contributed by atoms with E-state index in [1.54, 1.807) is 30.3 Å². The smallest absolute Gasteiger partial charge is 0.330 e. The van der Waals surface area contributed by atoms with Crippen molar-refractivity contribution in [3.63, 3.8) is 0 Å². The average Bonchev–Trinajstić information content (AvgIpc) is 3.11. The van der Waals surface area contributed by atoms with Crippen molar-refractivity contribution in [2.75, 3.05) is 11.9 Å². The minimum absolute atomic E-state index is 0.00379. The zero-order valence-corrected chi connectivity index (χ0v) is 14.6. The van der Waals surface area contributed by atoms with Crippen molar-refractivity contribution >= 4 is 29.2 Å². The lowest BCUT2D eigenvalue weighted by molar-refractivity contribution is -0.148. The summed E-state index contributed by atoms with van der Waals surface area (Å²) in [6.45, 7) is -0.889. The lowest BCUT2D eigenvalue weighted by atomic mass is 10.2. The molecule has 0 aliphatic rings. The summed E-state index contributed by atoms with van der Waals surface area (Å²) in [6, 6.07) is 12.5. The predicted octanol–water partition coefficient (Wildman–Crippen LogP) is 2.31. The summed E-state index contributed by atoms with van der Waals surface area (Å²) in [4.78, 5) is 24.6. The summed E-state index contributed by atoms with van der Waals surface area (Å²) in [5.41, 5.74) is 0.687. The molecule has 0 fully saturated rings. The molecule has 1 N–H and O–H groups in total. The number of carbonyl (C=O) groups is 2. The molecule has 138 valence electrons. The SMILES string of the molecule is O=C(COC(=O)Cn1nnc(-c2ccc(Cl)cc2)n1)Nc1ccccc1F. The van der Waals surface area contributed by atoms with Crippen molar-refractivity contribution in [3.05, 3.63) is 59.4 Å². The summed E-state index contributed by atoms with van der Waals surface area (Å²) in [5.74, 6) is -1.67. The van der Waals surface area contributed by atoms with Gasteiger partial charge in [0.15, 0.2) is 13.2 Å². The van der Waals surface area contributed by atoms with E-state index < -0.39 is 24.3 Å². The van der Waals surface area contributed by atoms with Crippen LogP contribution in [0.25, 0.3) is 11.4 Å². The number of hydrogen-bond donors (Lipinski definition) is 1. The molecule has 0 saturated carbocycles. The van der Waals surface area contributed by atoms with Crippen LogP contribution in [0.3, 0.4) is 0 Å². The van der Waals surface area contributed by atoms with Gasteiger partial charge in [0.05, 0.1) is 5.69 Å². The number of rotatable bonds is 6. The summed E-state index contributed by atoms with van der Waals surface area (Å²) in [7, 11) is 0. The Hall–Kier alpha value is -3.33. The van der Waals surface area contributed by atoms with E-state index >= 15 is 0 Å². The first-order valence-electron chi connectivity index (χ1n) is 7.75. The summed E-state index contributed by atoms with van der Waals surface area (Å²) >= 11 is 5.82. The molecular weight excluding hydrogens is 377 g/mol. The number of carbonyl (C=O) groups excluding carboxylic acids is 2. The average molecular weight is 390 g/mol. The van der Waals surface area contributed by atoms with Crippen LogP contribution in [0, 0.1) is 5.82 Å². The second-order valence-electron chi connectivity index (χ2n) is 5.34. The third kappa shape index (κ3) is 5.08. The van der Waals surface area contributed by atoms with Crippen molar-refractivity contribution in [3.8, 4) is 11.4 Å². The van der Waals surface area contributed by atoms with E-state index in [0.717, 1.165) is 4.80 Å². The van der Waals surface area contributed by atoms with Crippen molar-refractivity contribution in [2.45, 2.75) is 6.54 Å². The van der Waals surface area contributed by atoms with Gasteiger partial charge in [0.25, 0.3) is 5.91 Å². The standard InChI is InChI=1S/C17H13ClFN5O3/c18-12-7-5-11(6-8-12)17-21-23-24(22-17)9-16(26)27-10-15(25)20-14-4-2-1-3-13(14)19/h1-8H,9-10H2,(H,20,25). The highest BCUT2D eigenvalue weighted by molar-refractivity contribution is 6.30. The molecule has 8 nitrogen and oxygen atoms in total. The van der Waals surface area contributed by atoms with Crippen molar-refractivity contribution < 1.29 is 18.7 Å². The summed E-state index contributed by atoms with van der Waals surface area (Å²) in [5, 5.41) is 14.5. The summed E-state index contributed by atoms with van der Waals surface area (Å²) in [6.07, 6.45) is 0. The van der Waals surface area contributed by atoms with Gasteiger partial charge in [-0.15, -0.1) is 10.2 Å². The largest absolute Gasteiger partial charge is 0.454 e. The van der Waals surface area contributed by atoms with Gasteiger partial charge in [0.1, 0.15) is 5.82 Å². The Morgan fingerprint density at radius 3 is 2.63 bits per heavy atom. The molecule has 1 aromatic heterocycles. The van der Waals surface area contributed by atoms with E-state index in [1.807, 2.05) is 0 Å². The number of halogens is 2. The molecule has 0 saturated heterocycles. The molecule has 0 unspecified atom stereocenters. The second-order valence-corrected chi connectivity index (χ2v) is 5.78. The Morgan fingerprint density at radius 1 is 1.15 bits per heavy atom. The Labute approximate surface area is 157 Å². The van der Waals surface area contributed by atoms with Gasteiger partial charge in [-0.1, -0.05) is 23.7 Å². The molecule has 0 radical (unpaired) electrons. The van der Waals surface area contributed by atoms with Crippen LogP contribution >= 0.6 is 11.6 Å². The Balaban J connectivity index is 1.50. The van der Waals surface area contributed by atoms with Gasteiger partial charge in [-0.3, -0.25) is 4.79 Å². The molecule has 27 heavy (non-hydrogen) atoms. The van der Waals surface area contributed by atoms with Gasteiger partial charge in [0.2, 0.25) is 5.82 Å². The van der Waals surface area contributed by atoms with Crippen LogP contribution in [0.1, 0.15) is 0 Å². The number of tetrazole rings is 1. The molecule has 3 aromatic rings. The third-order valence-electron chi connectivity index (χ3n) is 3.34. The summed E-state index contributed by atoms with van der Waals surface area (Å²) < 4.78 is 18.3. The molecule has 0 atom stereocenters. The van der Waals surface area contributed by atoms with E-state index in [2.05, 4.69) is 20.7 Å². The van der Waals surface area contributed by atoms with Gasteiger partial charge in [0, 0.05) is 10.6 Å². The maximum atomic E-state index is 13.4. The van der Waals surface area contributed by atoms with Crippen molar-refractivity contribution in [1.82, 2.24) is 20.2 Å². The number of aromatic nitrogens is 4. The van der Waals surface area contributed by atoms with Gasteiger partial charge in [-0.05, 0) is 41.6 Å². The zero-order valence-electron chi connectivity index (χ0n) is 13.8. The van der Waals surface area contributed by atoms with E-state index in [1.165, 1.54) is 18.2 Å². The second kappa shape index (κ2) is 8.37. The van der Waals surface area contributed by atoms with Crippen LogP contribution in [0.5, 0.6) is 0 Å². The van der Waals surface area contributed by atoms with Gasteiger partial charge in [-0.25, -0.2) is 9.18 Å². The molecule has 2 aromatic carbocycles. The fourth-order valence-corrected chi connectivity index (χ4v) is 2.21. The quantitative estimate of drug-likeness (QED) is 0.649. The Morgan fingerprint density at radius 2 is 1.89 bits per heavy atom. The number of esters is 1.